The summed E-state index contributed by atoms with van der Waals surface area (Å²) >= 11 is 3.89. The zero-order valence-electron chi connectivity index (χ0n) is 11.0. The molecule has 0 amide bonds. The molecule has 2 heterocycles. The van der Waals surface area contributed by atoms with Gasteiger partial charge in [0, 0.05) is 29.1 Å². The molecule has 1 aromatic heterocycles. The molecule has 96 valence electrons. The minimum absolute atomic E-state index is 0.177. The average Bonchev–Trinajstić information content (AvgIpc) is 2.86. The quantitative estimate of drug-likeness (QED) is 0.907. The fraction of sp³-hybridized carbons (Fsp3) is 0.769. The molecule has 0 radical (unpaired) electrons. The number of hydrogen-bond acceptors (Lipinski definition) is 4. The van der Waals surface area contributed by atoms with Crippen LogP contribution in [0.5, 0.6) is 0 Å². The molecular weight excluding hydrogens is 248 g/mol. The van der Waals surface area contributed by atoms with Crippen molar-refractivity contribution >= 4 is 23.1 Å². The third-order valence-corrected chi connectivity index (χ3v) is 5.24. The molecule has 1 aliphatic rings. The van der Waals surface area contributed by atoms with Crippen LogP contribution in [0.3, 0.4) is 0 Å². The summed E-state index contributed by atoms with van der Waals surface area (Å²) in [6, 6.07) is 0. The van der Waals surface area contributed by atoms with Crippen LogP contribution in [0.2, 0.25) is 0 Å². The number of aromatic nitrogens is 1. The van der Waals surface area contributed by atoms with Crippen molar-refractivity contribution < 1.29 is 0 Å². The Labute approximate surface area is 113 Å². The first-order chi connectivity index (χ1) is 8.05. The molecule has 0 aromatic carbocycles. The molecule has 0 saturated carbocycles. The first-order valence-corrected chi connectivity index (χ1v) is 8.26. The van der Waals surface area contributed by atoms with Crippen molar-refractivity contribution in [1.29, 1.82) is 0 Å². The number of thiazole rings is 1. The van der Waals surface area contributed by atoms with E-state index in [0.717, 1.165) is 18.3 Å². The van der Waals surface area contributed by atoms with Gasteiger partial charge in [0.2, 0.25) is 0 Å². The third-order valence-electron chi connectivity index (χ3n) is 2.99. The lowest BCUT2D eigenvalue weighted by molar-refractivity contribution is 0.567. The molecule has 1 atom stereocenters. The van der Waals surface area contributed by atoms with Crippen LogP contribution < -0.4 is 5.32 Å². The summed E-state index contributed by atoms with van der Waals surface area (Å²) < 4.78 is 0. The van der Waals surface area contributed by atoms with Gasteiger partial charge >= 0.3 is 0 Å². The van der Waals surface area contributed by atoms with Crippen LogP contribution in [-0.2, 0) is 12.0 Å². The predicted octanol–water partition coefficient (Wildman–Crippen LogP) is 3.43. The predicted molar refractivity (Wildman–Crippen MR) is 78.0 cm³/mol. The lowest BCUT2D eigenvalue weighted by Gasteiger charge is -2.14. The second-order valence-corrected chi connectivity index (χ2v) is 7.99. The molecule has 0 spiro atoms. The molecule has 0 aliphatic carbocycles. The van der Waals surface area contributed by atoms with E-state index in [1.807, 2.05) is 0 Å². The van der Waals surface area contributed by atoms with Crippen LogP contribution in [0.4, 0.5) is 0 Å². The average molecular weight is 270 g/mol. The number of rotatable bonds is 4. The second-order valence-electron chi connectivity index (χ2n) is 5.64. The summed E-state index contributed by atoms with van der Waals surface area (Å²) in [5, 5.41) is 7.78. The van der Waals surface area contributed by atoms with E-state index in [2.05, 4.69) is 43.2 Å². The molecule has 17 heavy (non-hydrogen) atoms. The highest BCUT2D eigenvalue weighted by atomic mass is 32.2. The van der Waals surface area contributed by atoms with Crippen molar-refractivity contribution in [3.05, 3.63) is 16.1 Å². The minimum atomic E-state index is 0.177. The highest BCUT2D eigenvalue weighted by molar-refractivity contribution is 8.00. The van der Waals surface area contributed by atoms with Crippen molar-refractivity contribution in [1.82, 2.24) is 10.3 Å². The van der Waals surface area contributed by atoms with E-state index in [-0.39, 0.29) is 5.41 Å². The Morgan fingerprint density at radius 1 is 1.47 bits per heavy atom. The summed E-state index contributed by atoms with van der Waals surface area (Å²) in [7, 11) is 0. The van der Waals surface area contributed by atoms with E-state index in [0.29, 0.717) is 0 Å². The summed E-state index contributed by atoms with van der Waals surface area (Å²) in [4.78, 5) is 4.69. The Morgan fingerprint density at radius 2 is 2.29 bits per heavy atom. The zero-order valence-corrected chi connectivity index (χ0v) is 12.6. The van der Waals surface area contributed by atoms with Crippen LogP contribution in [0.15, 0.2) is 5.38 Å². The number of nitrogens with one attached hydrogen (secondary N) is 1. The van der Waals surface area contributed by atoms with Gasteiger partial charge in [-0.25, -0.2) is 4.98 Å². The van der Waals surface area contributed by atoms with Crippen LogP contribution >= 0.6 is 23.1 Å². The number of thioether (sulfide) groups is 1. The van der Waals surface area contributed by atoms with Crippen molar-refractivity contribution in [3.8, 4) is 0 Å². The van der Waals surface area contributed by atoms with Gasteiger partial charge in [-0.3, -0.25) is 0 Å². The first-order valence-electron chi connectivity index (χ1n) is 6.33. The fourth-order valence-electron chi connectivity index (χ4n) is 1.88. The standard InChI is InChI=1S/C13H22N2S2/c1-13(2,3)11-9-17-12(15-11)8-14-7-10-5-4-6-16-10/h9-10,14H,4-8H2,1-3H3. The highest BCUT2D eigenvalue weighted by Gasteiger charge is 2.18. The molecule has 4 heteroatoms. The molecule has 1 unspecified atom stereocenters. The monoisotopic (exact) mass is 270 g/mol. The summed E-state index contributed by atoms with van der Waals surface area (Å²) in [5.41, 5.74) is 1.39. The van der Waals surface area contributed by atoms with E-state index in [4.69, 9.17) is 4.98 Å². The lowest BCUT2D eigenvalue weighted by atomic mass is 9.93. The third kappa shape index (κ3) is 3.97. The van der Waals surface area contributed by atoms with Crippen molar-refractivity contribution in [2.45, 2.75) is 50.8 Å². The molecule has 0 bridgehead atoms. The van der Waals surface area contributed by atoms with E-state index in [1.54, 1.807) is 11.3 Å². The summed E-state index contributed by atoms with van der Waals surface area (Å²) in [6.07, 6.45) is 2.77. The van der Waals surface area contributed by atoms with Crippen LogP contribution in [0.1, 0.15) is 44.3 Å². The van der Waals surface area contributed by atoms with Crippen molar-refractivity contribution in [3.63, 3.8) is 0 Å². The van der Waals surface area contributed by atoms with Gasteiger partial charge in [-0.2, -0.15) is 11.8 Å². The molecule has 2 nitrogen and oxygen atoms in total. The SMILES string of the molecule is CC(C)(C)c1csc(CNCC2CCCS2)n1. The Bertz CT molecular complexity index is 349. The van der Waals surface area contributed by atoms with Gasteiger partial charge in [-0.05, 0) is 18.6 Å². The molecule has 2 rings (SSSR count). The van der Waals surface area contributed by atoms with Gasteiger partial charge < -0.3 is 5.32 Å². The maximum absolute atomic E-state index is 4.69. The van der Waals surface area contributed by atoms with Crippen molar-refractivity contribution in [2.75, 3.05) is 12.3 Å². The largest absolute Gasteiger partial charge is 0.309 e. The van der Waals surface area contributed by atoms with Gasteiger partial charge in [0.15, 0.2) is 0 Å². The van der Waals surface area contributed by atoms with Gasteiger partial charge in [0.05, 0.1) is 5.69 Å². The van der Waals surface area contributed by atoms with E-state index in [1.165, 1.54) is 29.3 Å². The highest BCUT2D eigenvalue weighted by Crippen LogP contribution is 2.26. The van der Waals surface area contributed by atoms with Crippen LogP contribution in [-0.4, -0.2) is 22.5 Å². The number of nitrogens with zero attached hydrogens (tertiary/aromatic N) is 1. The summed E-state index contributed by atoms with van der Waals surface area (Å²) in [5.74, 6) is 1.35. The minimum Gasteiger partial charge on any atom is -0.309 e. The smallest absolute Gasteiger partial charge is 0.107 e. The normalized spacial score (nSPS) is 21.0. The van der Waals surface area contributed by atoms with Crippen molar-refractivity contribution in [2.24, 2.45) is 0 Å². The molecule has 1 fully saturated rings. The molecule has 1 saturated heterocycles. The van der Waals surface area contributed by atoms with Gasteiger partial charge in [0.25, 0.3) is 0 Å². The summed E-state index contributed by atoms with van der Waals surface area (Å²) in [6.45, 7) is 8.71. The lowest BCUT2D eigenvalue weighted by Crippen LogP contribution is -2.22. The molecule has 1 aliphatic heterocycles. The second kappa shape index (κ2) is 5.72. The maximum Gasteiger partial charge on any atom is 0.107 e. The Hall–Kier alpha value is -0.0600. The topological polar surface area (TPSA) is 24.9 Å². The van der Waals surface area contributed by atoms with Crippen LogP contribution in [0.25, 0.3) is 0 Å². The van der Waals surface area contributed by atoms with Gasteiger partial charge in [-0.15, -0.1) is 11.3 Å². The molecular formula is C13H22N2S2. The molecule has 1 aromatic rings. The number of hydrogen-bond donors (Lipinski definition) is 1. The van der Waals surface area contributed by atoms with Gasteiger partial charge in [0.1, 0.15) is 5.01 Å². The van der Waals surface area contributed by atoms with Gasteiger partial charge in [-0.1, -0.05) is 20.8 Å². The Morgan fingerprint density at radius 3 is 2.88 bits per heavy atom. The maximum atomic E-state index is 4.69. The Balaban J connectivity index is 1.77. The zero-order chi connectivity index (χ0) is 12.3. The van der Waals surface area contributed by atoms with E-state index < -0.39 is 0 Å². The van der Waals surface area contributed by atoms with E-state index in [9.17, 15) is 0 Å². The molecule has 1 N–H and O–H groups in total. The van der Waals surface area contributed by atoms with E-state index >= 15 is 0 Å². The van der Waals surface area contributed by atoms with Crippen LogP contribution in [0, 0.1) is 0 Å². The first kappa shape index (κ1) is 13.4. The Kier molecular flexibility index (Phi) is 4.50. The fourth-order valence-corrected chi connectivity index (χ4v) is 4.11.